The smallest absolute Gasteiger partial charge is 0.320 e. The lowest BCUT2D eigenvalue weighted by Crippen LogP contribution is -2.62. The van der Waals surface area contributed by atoms with Crippen molar-refractivity contribution in [1.29, 1.82) is 0 Å². The van der Waals surface area contributed by atoms with Crippen LogP contribution in [0, 0.1) is 0 Å². The molecule has 0 aromatic carbocycles. The van der Waals surface area contributed by atoms with E-state index in [4.69, 9.17) is 4.74 Å². The fraction of sp³-hybridized carbons (Fsp3) is 0.833. The van der Waals surface area contributed by atoms with Crippen LogP contribution in [0.4, 0.5) is 0 Å². The molecule has 5 heteroatoms. The molecule has 0 radical (unpaired) electrons. The van der Waals surface area contributed by atoms with E-state index >= 15 is 0 Å². The summed E-state index contributed by atoms with van der Waals surface area (Å²) < 4.78 is 4.95. The van der Waals surface area contributed by atoms with E-state index in [-0.39, 0.29) is 24.5 Å². The molecule has 2 unspecified atom stereocenters. The minimum absolute atomic E-state index is 0.0254. The van der Waals surface area contributed by atoms with E-state index in [1.807, 2.05) is 4.90 Å². The van der Waals surface area contributed by atoms with E-state index in [9.17, 15) is 9.59 Å². The number of amides is 1. The molecule has 2 rings (SSSR count). The molecule has 0 bridgehead atoms. The second-order valence-corrected chi connectivity index (χ2v) is 4.74. The van der Waals surface area contributed by atoms with Crippen molar-refractivity contribution in [2.75, 3.05) is 19.7 Å². The fourth-order valence-electron chi connectivity index (χ4n) is 2.82. The molecule has 17 heavy (non-hydrogen) atoms. The van der Waals surface area contributed by atoms with Crippen LogP contribution in [0.15, 0.2) is 0 Å². The third-order valence-electron chi connectivity index (χ3n) is 3.53. The number of hydrogen-bond acceptors (Lipinski definition) is 4. The van der Waals surface area contributed by atoms with E-state index in [0.717, 1.165) is 19.3 Å². The fourth-order valence-corrected chi connectivity index (χ4v) is 2.82. The number of fused-ring (bicyclic) bond motifs is 1. The maximum atomic E-state index is 11.6. The first-order valence-corrected chi connectivity index (χ1v) is 6.39. The molecule has 2 fully saturated rings. The lowest BCUT2D eigenvalue weighted by atomic mass is 9.87. The van der Waals surface area contributed by atoms with Gasteiger partial charge >= 0.3 is 5.97 Å². The Morgan fingerprint density at radius 3 is 3.00 bits per heavy atom. The zero-order chi connectivity index (χ0) is 12.3. The summed E-state index contributed by atoms with van der Waals surface area (Å²) >= 11 is 0. The second kappa shape index (κ2) is 5.49. The number of hydrogen-bond donors (Lipinski definition) is 1. The number of rotatable bonds is 3. The van der Waals surface area contributed by atoms with Crippen molar-refractivity contribution < 1.29 is 14.3 Å². The monoisotopic (exact) mass is 240 g/mol. The number of nitrogens with zero attached hydrogens (tertiary/aromatic N) is 1. The molecule has 0 spiro atoms. The average Bonchev–Trinajstić information content (AvgIpc) is 2.29. The molecule has 2 atom stereocenters. The van der Waals surface area contributed by atoms with E-state index in [0.29, 0.717) is 19.2 Å². The van der Waals surface area contributed by atoms with Crippen LogP contribution < -0.4 is 5.32 Å². The molecule has 1 aliphatic carbocycles. The van der Waals surface area contributed by atoms with Crippen molar-refractivity contribution in [1.82, 2.24) is 10.2 Å². The molecule has 1 amide bonds. The van der Waals surface area contributed by atoms with E-state index < -0.39 is 0 Å². The molecule has 1 N–H and O–H groups in total. The molecule has 1 aliphatic heterocycles. The van der Waals surface area contributed by atoms with Crippen molar-refractivity contribution in [3.63, 3.8) is 0 Å². The van der Waals surface area contributed by atoms with Crippen LogP contribution in [0.2, 0.25) is 0 Å². The highest BCUT2D eigenvalue weighted by Crippen LogP contribution is 2.25. The van der Waals surface area contributed by atoms with Gasteiger partial charge in [-0.2, -0.15) is 0 Å². The van der Waals surface area contributed by atoms with E-state index in [1.165, 1.54) is 6.42 Å². The molecule has 1 saturated heterocycles. The molecular formula is C12H20N2O3. The van der Waals surface area contributed by atoms with Gasteiger partial charge in [0.1, 0.15) is 0 Å². The van der Waals surface area contributed by atoms with Gasteiger partial charge in [-0.3, -0.25) is 14.5 Å². The Kier molecular flexibility index (Phi) is 3.99. The predicted molar refractivity (Wildman–Crippen MR) is 62.4 cm³/mol. The quantitative estimate of drug-likeness (QED) is 0.720. The summed E-state index contributed by atoms with van der Waals surface area (Å²) in [5, 5.41) is 3.02. The Labute approximate surface area is 101 Å². The van der Waals surface area contributed by atoms with Gasteiger partial charge < -0.3 is 10.1 Å². The Morgan fingerprint density at radius 1 is 1.47 bits per heavy atom. The predicted octanol–water partition coefficient (Wildman–Crippen LogP) is 0.293. The first-order valence-electron chi connectivity index (χ1n) is 6.39. The average molecular weight is 240 g/mol. The molecule has 0 aromatic heterocycles. The summed E-state index contributed by atoms with van der Waals surface area (Å²) in [5.74, 6) is -0.205. The third kappa shape index (κ3) is 2.97. The summed E-state index contributed by atoms with van der Waals surface area (Å²) in [5.41, 5.74) is 0. The lowest BCUT2D eigenvalue weighted by molar-refractivity contribution is -0.147. The normalized spacial score (nSPS) is 29.4. The molecule has 0 aromatic rings. The molecule has 1 saturated carbocycles. The Balaban J connectivity index is 1.98. The maximum absolute atomic E-state index is 11.6. The number of esters is 1. The highest BCUT2D eigenvalue weighted by molar-refractivity contribution is 5.80. The van der Waals surface area contributed by atoms with Gasteiger partial charge in [0.15, 0.2) is 0 Å². The van der Waals surface area contributed by atoms with Gasteiger partial charge in [-0.25, -0.2) is 0 Å². The summed E-state index contributed by atoms with van der Waals surface area (Å²) in [6.07, 6.45) is 4.42. The molecule has 96 valence electrons. The summed E-state index contributed by atoms with van der Waals surface area (Å²) in [4.78, 5) is 25.0. The van der Waals surface area contributed by atoms with Crippen molar-refractivity contribution >= 4 is 11.9 Å². The van der Waals surface area contributed by atoms with Crippen molar-refractivity contribution in [2.24, 2.45) is 0 Å². The standard InChI is InChI=1S/C12H20N2O3/c1-2-17-12(16)8-14-7-11(15)13-9-5-3-4-6-10(9)14/h9-10H,2-8H2,1H3,(H,13,15). The molecule has 1 heterocycles. The van der Waals surface area contributed by atoms with Gasteiger partial charge in [-0.1, -0.05) is 12.8 Å². The van der Waals surface area contributed by atoms with Crippen LogP contribution in [-0.4, -0.2) is 48.6 Å². The SMILES string of the molecule is CCOC(=O)CN1CC(=O)NC2CCCCC21. The van der Waals surface area contributed by atoms with E-state index in [2.05, 4.69) is 5.32 Å². The van der Waals surface area contributed by atoms with Gasteiger partial charge in [0.2, 0.25) is 5.91 Å². The van der Waals surface area contributed by atoms with Gasteiger partial charge in [0, 0.05) is 12.1 Å². The Hall–Kier alpha value is -1.10. The minimum atomic E-state index is -0.230. The maximum Gasteiger partial charge on any atom is 0.320 e. The Morgan fingerprint density at radius 2 is 2.24 bits per heavy atom. The molecular weight excluding hydrogens is 220 g/mol. The van der Waals surface area contributed by atoms with Crippen LogP contribution in [-0.2, 0) is 14.3 Å². The van der Waals surface area contributed by atoms with Gasteiger partial charge in [0.25, 0.3) is 0 Å². The van der Waals surface area contributed by atoms with Crippen molar-refractivity contribution in [2.45, 2.75) is 44.7 Å². The third-order valence-corrected chi connectivity index (χ3v) is 3.53. The van der Waals surface area contributed by atoms with E-state index in [1.54, 1.807) is 6.92 Å². The van der Waals surface area contributed by atoms with Gasteiger partial charge in [-0.05, 0) is 19.8 Å². The van der Waals surface area contributed by atoms with Gasteiger partial charge in [0.05, 0.1) is 19.7 Å². The highest BCUT2D eigenvalue weighted by Gasteiger charge is 2.37. The van der Waals surface area contributed by atoms with Crippen molar-refractivity contribution in [3.05, 3.63) is 0 Å². The first kappa shape index (κ1) is 12.4. The lowest BCUT2D eigenvalue weighted by Gasteiger charge is -2.43. The van der Waals surface area contributed by atoms with Crippen LogP contribution in [0.5, 0.6) is 0 Å². The number of carbonyl (C=O) groups is 2. The van der Waals surface area contributed by atoms with Crippen LogP contribution >= 0.6 is 0 Å². The largest absolute Gasteiger partial charge is 0.465 e. The second-order valence-electron chi connectivity index (χ2n) is 4.74. The Bertz CT molecular complexity index is 306. The topological polar surface area (TPSA) is 58.6 Å². The zero-order valence-electron chi connectivity index (χ0n) is 10.3. The van der Waals surface area contributed by atoms with Crippen LogP contribution in [0.3, 0.4) is 0 Å². The van der Waals surface area contributed by atoms with Crippen LogP contribution in [0.1, 0.15) is 32.6 Å². The van der Waals surface area contributed by atoms with Crippen LogP contribution in [0.25, 0.3) is 0 Å². The van der Waals surface area contributed by atoms with Gasteiger partial charge in [-0.15, -0.1) is 0 Å². The number of ether oxygens (including phenoxy) is 1. The number of nitrogens with one attached hydrogen (secondary N) is 1. The number of piperazine rings is 1. The molecule has 2 aliphatic rings. The highest BCUT2D eigenvalue weighted by atomic mass is 16.5. The first-order chi connectivity index (χ1) is 8.20. The summed E-state index contributed by atoms with van der Waals surface area (Å²) in [6.45, 7) is 2.75. The summed E-state index contributed by atoms with van der Waals surface area (Å²) in [7, 11) is 0. The minimum Gasteiger partial charge on any atom is -0.465 e. The summed E-state index contributed by atoms with van der Waals surface area (Å²) in [6, 6.07) is 0.533. The zero-order valence-corrected chi connectivity index (χ0v) is 10.3. The molecule has 5 nitrogen and oxygen atoms in total. The number of carbonyl (C=O) groups excluding carboxylic acids is 2. The van der Waals surface area contributed by atoms with Crippen molar-refractivity contribution in [3.8, 4) is 0 Å².